The van der Waals surface area contributed by atoms with Gasteiger partial charge in [0, 0.05) is 11.0 Å². The Labute approximate surface area is 167 Å². The van der Waals surface area contributed by atoms with Crippen molar-refractivity contribution in [2.45, 2.75) is 19.5 Å². The summed E-state index contributed by atoms with van der Waals surface area (Å²) in [5.41, 5.74) is 2.59. The molecule has 27 heavy (non-hydrogen) atoms. The molecule has 5 heteroatoms. The Bertz CT molecular complexity index is 900. The number of rotatable bonds is 5. The number of para-hydroxylation sites is 1. The molecule has 0 fully saturated rings. The van der Waals surface area contributed by atoms with Crippen molar-refractivity contribution < 1.29 is 9.18 Å². The van der Waals surface area contributed by atoms with E-state index in [2.05, 4.69) is 21.2 Å². The number of carbonyl (C=O) groups is 1. The van der Waals surface area contributed by atoms with Crippen LogP contribution in [0, 0.1) is 5.82 Å². The number of nitrogens with zero attached hydrogens (tertiary/aromatic N) is 1. The van der Waals surface area contributed by atoms with Gasteiger partial charge in [-0.05, 0) is 58.2 Å². The number of urea groups is 1. The molecule has 0 saturated carbocycles. The van der Waals surface area contributed by atoms with Crippen LogP contribution in [0.1, 0.15) is 24.1 Å². The molecular formula is C22H20BrFN2O. The standard InChI is InChI=1S/C22H20BrFN2O/c1-16(18-7-3-2-4-8-18)26(15-17-11-13-19(24)14-12-17)22(27)25-21-10-6-5-9-20(21)23/h2-14,16H,15H2,1H3,(H,25,27). The number of halogens is 2. The predicted molar refractivity (Wildman–Crippen MR) is 110 cm³/mol. The third kappa shape index (κ3) is 4.95. The Kier molecular flexibility index (Phi) is 6.24. The first-order valence-electron chi connectivity index (χ1n) is 8.66. The minimum absolute atomic E-state index is 0.154. The Morgan fingerprint density at radius 3 is 2.30 bits per heavy atom. The van der Waals surface area contributed by atoms with Gasteiger partial charge in [-0.25, -0.2) is 9.18 Å². The quantitative estimate of drug-likeness (QED) is 0.503. The highest BCUT2D eigenvalue weighted by Crippen LogP contribution is 2.26. The molecule has 0 spiro atoms. The molecule has 0 aromatic heterocycles. The molecule has 138 valence electrons. The first-order chi connectivity index (χ1) is 13.0. The number of nitrogens with one attached hydrogen (secondary N) is 1. The smallest absolute Gasteiger partial charge is 0.313 e. The zero-order chi connectivity index (χ0) is 19.2. The summed E-state index contributed by atoms with van der Waals surface area (Å²) in [6, 6.07) is 23.2. The zero-order valence-corrected chi connectivity index (χ0v) is 16.5. The topological polar surface area (TPSA) is 32.3 Å². The number of benzene rings is 3. The molecule has 1 unspecified atom stereocenters. The highest BCUT2D eigenvalue weighted by Gasteiger charge is 2.22. The molecule has 0 bridgehead atoms. The van der Waals surface area contributed by atoms with E-state index in [1.54, 1.807) is 17.0 Å². The van der Waals surface area contributed by atoms with Crippen LogP contribution in [0.4, 0.5) is 14.9 Å². The monoisotopic (exact) mass is 426 g/mol. The van der Waals surface area contributed by atoms with E-state index in [0.29, 0.717) is 12.2 Å². The average molecular weight is 427 g/mol. The largest absolute Gasteiger partial charge is 0.322 e. The predicted octanol–water partition coefficient (Wildman–Crippen LogP) is 6.38. The zero-order valence-electron chi connectivity index (χ0n) is 14.9. The van der Waals surface area contributed by atoms with Crippen LogP contribution in [-0.4, -0.2) is 10.9 Å². The first kappa shape index (κ1) is 19.1. The Morgan fingerprint density at radius 2 is 1.63 bits per heavy atom. The van der Waals surface area contributed by atoms with Gasteiger partial charge in [0.1, 0.15) is 5.82 Å². The lowest BCUT2D eigenvalue weighted by molar-refractivity contribution is 0.189. The van der Waals surface area contributed by atoms with Crippen molar-refractivity contribution in [2.75, 3.05) is 5.32 Å². The van der Waals surface area contributed by atoms with Crippen LogP contribution < -0.4 is 5.32 Å². The molecule has 0 aliphatic heterocycles. The van der Waals surface area contributed by atoms with Gasteiger partial charge < -0.3 is 10.2 Å². The molecule has 3 nitrogen and oxygen atoms in total. The van der Waals surface area contributed by atoms with E-state index in [1.807, 2.05) is 61.5 Å². The maximum Gasteiger partial charge on any atom is 0.322 e. The van der Waals surface area contributed by atoms with Crippen LogP contribution >= 0.6 is 15.9 Å². The van der Waals surface area contributed by atoms with Crippen molar-refractivity contribution in [3.63, 3.8) is 0 Å². The molecule has 0 heterocycles. The number of anilines is 1. The summed E-state index contributed by atoms with van der Waals surface area (Å²) in [7, 11) is 0. The first-order valence-corrected chi connectivity index (χ1v) is 9.45. The molecular weight excluding hydrogens is 407 g/mol. The van der Waals surface area contributed by atoms with Gasteiger partial charge in [-0.2, -0.15) is 0 Å². The fourth-order valence-electron chi connectivity index (χ4n) is 2.83. The summed E-state index contributed by atoms with van der Waals surface area (Å²) < 4.78 is 14.1. The molecule has 1 atom stereocenters. The van der Waals surface area contributed by atoms with Crippen molar-refractivity contribution in [1.82, 2.24) is 4.90 Å². The molecule has 0 saturated heterocycles. The van der Waals surface area contributed by atoms with Gasteiger partial charge in [0.2, 0.25) is 0 Å². The van der Waals surface area contributed by atoms with Crippen molar-refractivity contribution in [1.29, 1.82) is 0 Å². The van der Waals surface area contributed by atoms with Crippen LogP contribution in [0.5, 0.6) is 0 Å². The fraction of sp³-hybridized carbons (Fsp3) is 0.136. The third-order valence-corrected chi connectivity index (χ3v) is 5.08. The van der Waals surface area contributed by atoms with E-state index in [9.17, 15) is 9.18 Å². The number of amides is 2. The van der Waals surface area contributed by atoms with Crippen molar-refractivity contribution in [3.05, 3.63) is 100 Å². The van der Waals surface area contributed by atoms with Crippen molar-refractivity contribution in [3.8, 4) is 0 Å². The molecule has 1 N–H and O–H groups in total. The maximum absolute atomic E-state index is 13.2. The number of hydrogen-bond donors (Lipinski definition) is 1. The second-order valence-electron chi connectivity index (χ2n) is 6.25. The second kappa shape index (κ2) is 8.82. The van der Waals surface area contributed by atoms with Gasteiger partial charge in [-0.1, -0.05) is 54.6 Å². The third-order valence-electron chi connectivity index (χ3n) is 4.39. The molecule has 2 amide bonds. The maximum atomic E-state index is 13.2. The molecule has 0 aliphatic rings. The molecule has 3 aromatic rings. The summed E-state index contributed by atoms with van der Waals surface area (Å²) in [4.78, 5) is 14.8. The van der Waals surface area contributed by atoms with Crippen molar-refractivity contribution in [2.24, 2.45) is 0 Å². The van der Waals surface area contributed by atoms with Gasteiger partial charge in [0.05, 0.1) is 11.7 Å². The highest BCUT2D eigenvalue weighted by atomic mass is 79.9. The number of hydrogen-bond acceptors (Lipinski definition) is 1. The summed E-state index contributed by atoms with van der Waals surface area (Å²) in [5.74, 6) is -0.293. The average Bonchev–Trinajstić information content (AvgIpc) is 2.69. The summed E-state index contributed by atoms with van der Waals surface area (Å²) in [6.45, 7) is 2.35. The lowest BCUT2D eigenvalue weighted by atomic mass is 10.1. The van der Waals surface area contributed by atoms with Gasteiger partial charge in [0.15, 0.2) is 0 Å². The lowest BCUT2D eigenvalue weighted by Crippen LogP contribution is -2.36. The van der Waals surface area contributed by atoms with E-state index in [-0.39, 0.29) is 17.9 Å². The number of carbonyl (C=O) groups excluding carboxylic acids is 1. The van der Waals surface area contributed by atoms with Crippen LogP contribution in [0.2, 0.25) is 0 Å². The lowest BCUT2D eigenvalue weighted by Gasteiger charge is -2.30. The van der Waals surface area contributed by atoms with Crippen LogP contribution in [0.25, 0.3) is 0 Å². The molecule has 0 radical (unpaired) electrons. The molecule has 0 aliphatic carbocycles. The Balaban J connectivity index is 1.87. The van der Waals surface area contributed by atoms with Crippen molar-refractivity contribution >= 4 is 27.6 Å². The molecule has 3 aromatic carbocycles. The summed E-state index contributed by atoms with van der Waals surface area (Å²) >= 11 is 3.46. The normalized spacial score (nSPS) is 11.7. The Hall–Kier alpha value is -2.66. The van der Waals surface area contributed by atoms with E-state index in [0.717, 1.165) is 15.6 Å². The SMILES string of the molecule is CC(c1ccccc1)N(Cc1ccc(F)cc1)C(=O)Nc1ccccc1Br. The van der Waals surface area contributed by atoms with E-state index < -0.39 is 0 Å². The van der Waals surface area contributed by atoms with Gasteiger partial charge in [-0.3, -0.25) is 0 Å². The van der Waals surface area contributed by atoms with Gasteiger partial charge in [-0.15, -0.1) is 0 Å². The second-order valence-corrected chi connectivity index (χ2v) is 7.11. The summed E-state index contributed by atoms with van der Waals surface area (Å²) in [6.07, 6.45) is 0. The van der Waals surface area contributed by atoms with Gasteiger partial charge in [0.25, 0.3) is 0 Å². The minimum atomic E-state index is -0.293. The van der Waals surface area contributed by atoms with Crippen LogP contribution in [-0.2, 0) is 6.54 Å². The van der Waals surface area contributed by atoms with E-state index in [4.69, 9.17) is 0 Å². The highest BCUT2D eigenvalue weighted by molar-refractivity contribution is 9.10. The summed E-state index contributed by atoms with van der Waals surface area (Å²) in [5, 5.41) is 2.96. The van der Waals surface area contributed by atoms with Gasteiger partial charge >= 0.3 is 6.03 Å². The van der Waals surface area contributed by atoms with Crippen LogP contribution in [0.3, 0.4) is 0 Å². The van der Waals surface area contributed by atoms with E-state index in [1.165, 1.54) is 12.1 Å². The fourth-order valence-corrected chi connectivity index (χ4v) is 3.22. The van der Waals surface area contributed by atoms with Crippen LogP contribution in [0.15, 0.2) is 83.3 Å². The molecule has 3 rings (SSSR count). The Morgan fingerprint density at radius 1 is 1.00 bits per heavy atom. The van der Waals surface area contributed by atoms with E-state index >= 15 is 0 Å². The minimum Gasteiger partial charge on any atom is -0.313 e.